The number of rotatable bonds is 3. The molecule has 0 aliphatic rings. The van der Waals surface area contributed by atoms with Crippen LogP contribution in [0.3, 0.4) is 0 Å². The third-order valence-corrected chi connectivity index (χ3v) is 2.10. The fourth-order valence-electron chi connectivity index (χ4n) is 1.11. The summed E-state index contributed by atoms with van der Waals surface area (Å²) in [6.45, 7) is 1.85. The van der Waals surface area contributed by atoms with Crippen LogP contribution in [0.5, 0.6) is 5.75 Å². The van der Waals surface area contributed by atoms with Crippen molar-refractivity contribution in [1.82, 2.24) is 20.6 Å². The van der Waals surface area contributed by atoms with Crippen molar-refractivity contribution in [3.8, 4) is 5.75 Å². The molecule has 1 atom stereocenters. The number of nitrogens with zero attached hydrogens (tertiary/aromatic N) is 3. The SMILES string of the molecule is CC(Oc1ccc(Cl)cc1)c1nn[nH]n1. The largest absolute Gasteiger partial charge is 0.483 e. The van der Waals surface area contributed by atoms with E-state index >= 15 is 0 Å². The number of halogens is 1. The fraction of sp³-hybridized carbons (Fsp3) is 0.222. The highest BCUT2D eigenvalue weighted by molar-refractivity contribution is 6.30. The Balaban J connectivity index is 2.06. The van der Waals surface area contributed by atoms with Crippen molar-refractivity contribution in [3.05, 3.63) is 35.1 Å². The van der Waals surface area contributed by atoms with Gasteiger partial charge in [0.2, 0.25) is 5.82 Å². The lowest BCUT2D eigenvalue weighted by molar-refractivity contribution is 0.216. The molecule has 0 aliphatic heterocycles. The minimum Gasteiger partial charge on any atom is -0.483 e. The second-order valence-corrected chi connectivity index (χ2v) is 3.42. The lowest BCUT2D eigenvalue weighted by atomic mass is 10.3. The lowest BCUT2D eigenvalue weighted by Crippen LogP contribution is -2.05. The van der Waals surface area contributed by atoms with Gasteiger partial charge >= 0.3 is 0 Å². The van der Waals surface area contributed by atoms with Gasteiger partial charge in [-0.3, -0.25) is 0 Å². The van der Waals surface area contributed by atoms with E-state index in [0.717, 1.165) is 5.75 Å². The average Bonchev–Trinajstić information content (AvgIpc) is 2.74. The van der Waals surface area contributed by atoms with Crippen LogP contribution in [0.15, 0.2) is 24.3 Å². The van der Waals surface area contributed by atoms with Gasteiger partial charge in [-0.05, 0) is 31.2 Å². The number of benzene rings is 1. The van der Waals surface area contributed by atoms with Gasteiger partial charge in [-0.25, -0.2) is 0 Å². The minimum absolute atomic E-state index is 0.245. The van der Waals surface area contributed by atoms with E-state index in [0.29, 0.717) is 10.8 Å². The van der Waals surface area contributed by atoms with Crippen LogP contribution in [0, 0.1) is 0 Å². The molecule has 1 N–H and O–H groups in total. The Morgan fingerprint density at radius 3 is 2.67 bits per heavy atom. The summed E-state index contributed by atoms with van der Waals surface area (Å²) in [5.74, 6) is 1.24. The van der Waals surface area contributed by atoms with Gasteiger partial charge in [0.15, 0.2) is 6.10 Å². The van der Waals surface area contributed by atoms with E-state index in [1.807, 2.05) is 6.92 Å². The summed E-state index contributed by atoms with van der Waals surface area (Å²) < 4.78 is 5.57. The molecular weight excluding hydrogens is 216 g/mol. The van der Waals surface area contributed by atoms with Crippen LogP contribution >= 0.6 is 11.6 Å². The van der Waals surface area contributed by atoms with Crippen molar-refractivity contribution in [2.45, 2.75) is 13.0 Å². The maximum absolute atomic E-state index is 5.75. The summed E-state index contributed by atoms with van der Waals surface area (Å²) in [5.41, 5.74) is 0. The molecule has 6 heteroatoms. The van der Waals surface area contributed by atoms with Crippen LogP contribution in [-0.2, 0) is 0 Å². The molecule has 1 aromatic carbocycles. The predicted octanol–water partition coefficient (Wildman–Crippen LogP) is 1.99. The van der Waals surface area contributed by atoms with E-state index in [2.05, 4.69) is 20.6 Å². The average molecular weight is 225 g/mol. The van der Waals surface area contributed by atoms with E-state index in [9.17, 15) is 0 Å². The number of H-pyrrole nitrogens is 1. The maximum atomic E-state index is 5.75. The molecule has 1 aromatic heterocycles. The van der Waals surface area contributed by atoms with Gasteiger partial charge in [0, 0.05) is 5.02 Å². The Bertz CT molecular complexity index is 414. The van der Waals surface area contributed by atoms with Crippen molar-refractivity contribution >= 4 is 11.6 Å². The zero-order chi connectivity index (χ0) is 10.7. The van der Waals surface area contributed by atoms with Crippen molar-refractivity contribution in [2.24, 2.45) is 0 Å². The monoisotopic (exact) mass is 224 g/mol. The molecular formula is C9H9ClN4O. The Morgan fingerprint density at radius 2 is 2.07 bits per heavy atom. The minimum atomic E-state index is -0.245. The van der Waals surface area contributed by atoms with E-state index in [4.69, 9.17) is 16.3 Å². The molecule has 1 heterocycles. The first-order valence-corrected chi connectivity index (χ1v) is 4.79. The number of hydrogen-bond acceptors (Lipinski definition) is 4. The van der Waals surface area contributed by atoms with Gasteiger partial charge in [0.25, 0.3) is 0 Å². The van der Waals surface area contributed by atoms with Gasteiger partial charge in [0.1, 0.15) is 5.75 Å². The van der Waals surface area contributed by atoms with E-state index in [1.54, 1.807) is 24.3 Å². The van der Waals surface area contributed by atoms with Crippen LogP contribution in [0.2, 0.25) is 5.02 Å². The zero-order valence-corrected chi connectivity index (χ0v) is 8.77. The molecule has 0 saturated carbocycles. The van der Waals surface area contributed by atoms with Gasteiger partial charge in [-0.15, -0.1) is 10.2 Å². The Kier molecular flexibility index (Phi) is 2.82. The molecule has 0 saturated heterocycles. The van der Waals surface area contributed by atoms with Crippen LogP contribution < -0.4 is 4.74 Å². The zero-order valence-electron chi connectivity index (χ0n) is 8.01. The summed E-state index contributed by atoms with van der Waals surface area (Å²) >= 11 is 5.75. The predicted molar refractivity (Wildman–Crippen MR) is 54.7 cm³/mol. The fourth-order valence-corrected chi connectivity index (χ4v) is 1.24. The Morgan fingerprint density at radius 1 is 1.33 bits per heavy atom. The summed E-state index contributed by atoms with van der Waals surface area (Å²) in [5, 5.41) is 14.2. The highest BCUT2D eigenvalue weighted by Crippen LogP contribution is 2.20. The highest BCUT2D eigenvalue weighted by Gasteiger charge is 2.11. The number of tetrazole rings is 1. The van der Waals surface area contributed by atoms with Crippen LogP contribution in [0.25, 0.3) is 0 Å². The number of aromatic nitrogens is 4. The van der Waals surface area contributed by atoms with E-state index < -0.39 is 0 Å². The summed E-state index contributed by atoms with van der Waals surface area (Å²) in [7, 11) is 0. The van der Waals surface area contributed by atoms with Gasteiger partial charge in [0.05, 0.1) is 0 Å². The van der Waals surface area contributed by atoms with Crippen molar-refractivity contribution in [2.75, 3.05) is 0 Å². The molecule has 15 heavy (non-hydrogen) atoms. The first-order valence-electron chi connectivity index (χ1n) is 4.41. The van der Waals surface area contributed by atoms with Crippen LogP contribution in [0.1, 0.15) is 18.9 Å². The molecule has 0 radical (unpaired) electrons. The third-order valence-electron chi connectivity index (χ3n) is 1.85. The number of ether oxygens (including phenoxy) is 1. The van der Waals surface area contributed by atoms with E-state index in [1.165, 1.54) is 0 Å². The molecule has 1 unspecified atom stereocenters. The molecule has 5 nitrogen and oxygen atoms in total. The highest BCUT2D eigenvalue weighted by atomic mass is 35.5. The normalized spacial score (nSPS) is 12.4. The molecule has 0 amide bonds. The molecule has 0 bridgehead atoms. The number of hydrogen-bond donors (Lipinski definition) is 1. The van der Waals surface area contributed by atoms with Gasteiger partial charge in [-0.2, -0.15) is 5.21 Å². The Hall–Kier alpha value is -1.62. The molecule has 78 valence electrons. The van der Waals surface area contributed by atoms with Crippen LogP contribution in [-0.4, -0.2) is 20.6 Å². The second kappa shape index (κ2) is 4.27. The molecule has 0 fully saturated rings. The molecule has 2 rings (SSSR count). The molecule has 0 spiro atoms. The second-order valence-electron chi connectivity index (χ2n) is 2.98. The molecule has 2 aromatic rings. The standard InChI is InChI=1S/C9H9ClN4O/c1-6(9-11-13-14-12-9)15-8-4-2-7(10)3-5-8/h2-6H,1H3,(H,11,12,13,14). The first kappa shape index (κ1) is 9.92. The van der Waals surface area contributed by atoms with Crippen molar-refractivity contribution in [3.63, 3.8) is 0 Å². The Labute approximate surface area is 91.4 Å². The number of nitrogens with one attached hydrogen (secondary N) is 1. The lowest BCUT2D eigenvalue weighted by Gasteiger charge is -2.10. The van der Waals surface area contributed by atoms with Gasteiger partial charge in [-0.1, -0.05) is 16.8 Å². The summed E-state index contributed by atoms with van der Waals surface area (Å²) in [6.07, 6.45) is -0.245. The van der Waals surface area contributed by atoms with E-state index in [-0.39, 0.29) is 6.10 Å². The number of aromatic amines is 1. The first-order chi connectivity index (χ1) is 7.25. The van der Waals surface area contributed by atoms with Crippen molar-refractivity contribution in [1.29, 1.82) is 0 Å². The smallest absolute Gasteiger partial charge is 0.214 e. The summed E-state index contributed by atoms with van der Waals surface area (Å²) in [4.78, 5) is 0. The maximum Gasteiger partial charge on any atom is 0.214 e. The van der Waals surface area contributed by atoms with Crippen molar-refractivity contribution < 1.29 is 4.74 Å². The van der Waals surface area contributed by atoms with Crippen LogP contribution in [0.4, 0.5) is 0 Å². The third kappa shape index (κ3) is 2.44. The quantitative estimate of drug-likeness (QED) is 0.866. The summed E-state index contributed by atoms with van der Waals surface area (Å²) in [6, 6.07) is 7.11. The van der Waals surface area contributed by atoms with Gasteiger partial charge < -0.3 is 4.74 Å². The topological polar surface area (TPSA) is 63.7 Å². The molecule has 0 aliphatic carbocycles.